The van der Waals surface area contributed by atoms with Crippen LogP contribution in [0.4, 0.5) is 0 Å². The van der Waals surface area contributed by atoms with Gasteiger partial charge in [-0.15, -0.1) is 0 Å². The molecule has 3 aromatic rings. The number of nitrogens with one attached hydrogen (secondary N) is 2. The number of hydrogen-bond acceptors (Lipinski definition) is 4. The number of aromatic nitrogens is 4. The van der Waals surface area contributed by atoms with Crippen LogP contribution in [0.25, 0.3) is 46.4 Å². The molecule has 0 saturated carbocycles. The van der Waals surface area contributed by atoms with Gasteiger partial charge in [-0.3, -0.25) is 0 Å². The molecule has 0 aliphatic carbocycles. The molecule has 0 aromatic carbocycles. The van der Waals surface area contributed by atoms with Gasteiger partial charge in [-0.2, -0.15) is 0 Å². The Morgan fingerprint density at radius 1 is 0.667 bits per heavy atom. The van der Waals surface area contributed by atoms with Gasteiger partial charge in [-0.05, 0) is 84.6 Å². The van der Waals surface area contributed by atoms with Crippen molar-refractivity contribution in [1.82, 2.24) is 19.9 Å². The van der Waals surface area contributed by atoms with Gasteiger partial charge >= 0.3 is 0 Å². The molecule has 0 fully saturated rings. The topological polar surface area (TPSA) is 97.8 Å². The van der Waals surface area contributed by atoms with Crippen LogP contribution in [0.5, 0.6) is 0 Å². The number of nitrogens with zero attached hydrogens (tertiary/aromatic N) is 2. The van der Waals surface area contributed by atoms with Gasteiger partial charge in [0.05, 0.1) is 24.1 Å². The zero-order valence-electron chi connectivity index (χ0n) is 17.3. The van der Waals surface area contributed by atoms with Gasteiger partial charge in [0.1, 0.15) is 0 Å². The van der Waals surface area contributed by atoms with Gasteiger partial charge in [0.25, 0.3) is 0 Å². The average molecular weight is 399 g/mol. The van der Waals surface area contributed by atoms with Crippen LogP contribution in [-0.4, -0.2) is 43.4 Å². The number of aliphatic hydroxyl groups excluding tert-OH is 2. The fraction of sp³-hybridized carbons (Fsp3) is 0.167. The lowest BCUT2D eigenvalue weighted by molar-refractivity contribution is 0.299. The van der Waals surface area contributed by atoms with Crippen molar-refractivity contribution in [3.63, 3.8) is 0 Å². The molecular formula is C24H22N4O2. The van der Waals surface area contributed by atoms with E-state index in [0.717, 1.165) is 50.5 Å². The monoisotopic (exact) mass is 399 g/mol. The quantitative estimate of drug-likeness (QED) is 0.370. The molecule has 150 valence electrons. The number of hydrogen-bond donors (Lipinski definition) is 4. The second-order valence-electron chi connectivity index (χ2n) is 7.33. The van der Waals surface area contributed by atoms with Crippen molar-refractivity contribution in [2.24, 2.45) is 0 Å². The zero-order chi connectivity index (χ0) is 21.4. The van der Waals surface area contributed by atoms with Crippen LogP contribution in [0.1, 0.15) is 35.3 Å². The minimum atomic E-state index is -0.0396. The number of H-pyrrole nitrogens is 2. The highest BCUT2D eigenvalue weighted by molar-refractivity contribution is 5.79. The maximum absolute atomic E-state index is 9.52. The lowest BCUT2D eigenvalue weighted by Gasteiger charge is -1.92. The molecule has 4 N–H and O–H groups in total. The highest BCUT2D eigenvalue weighted by atomic mass is 16.3. The Hall–Kier alpha value is -3.48. The Labute approximate surface area is 174 Å². The van der Waals surface area contributed by atoms with Crippen LogP contribution < -0.4 is 0 Å². The molecule has 0 saturated heterocycles. The summed E-state index contributed by atoms with van der Waals surface area (Å²) in [7, 11) is 0. The van der Waals surface area contributed by atoms with Gasteiger partial charge in [0.15, 0.2) is 0 Å². The van der Waals surface area contributed by atoms with Crippen LogP contribution in [0.15, 0.2) is 36.4 Å². The van der Waals surface area contributed by atoms with Crippen LogP contribution in [0.3, 0.4) is 0 Å². The van der Waals surface area contributed by atoms with E-state index >= 15 is 0 Å². The average Bonchev–Trinajstić information content (AvgIpc) is 3.50. The van der Waals surface area contributed by atoms with Crippen molar-refractivity contribution >= 4 is 46.4 Å². The molecule has 30 heavy (non-hydrogen) atoms. The van der Waals surface area contributed by atoms with E-state index in [0.29, 0.717) is 24.4 Å². The molecule has 2 aliphatic rings. The first-order valence-corrected chi connectivity index (χ1v) is 9.94. The molecule has 2 aliphatic heterocycles. The van der Waals surface area contributed by atoms with Crippen LogP contribution in [0.2, 0.25) is 0 Å². The fourth-order valence-corrected chi connectivity index (χ4v) is 3.77. The lowest BCUT2D eigenvalue weighted by Crippen LogP contribution is -1.88. The molecule has 8 bridgehead atoms. The summed E-state index contributed by atoms with van der Waals surface area (Å²) in [4.78, 5) is 16.0. The third kappa shape index (κ3) is 3.70. The van der Waals surface area contributed by atoms with E-state index < -0.39 is 0 Å². The van der Waals surface area contributed by atoms with Gasteiger partial charge in [-0.25, -0.2) is 9.97 Å². The van der Waals surface area contributed by atoms with Gasteiger partial charge in [0, 0.05) is 35.3 Å². The van der Waals surface area contributed by atoms with E-state index in [9.17, 15) is 10.2 Å². The molecule has 0 spiro atoms. The predicted molar refractivity (Wildman–Crippen MR) is 120 cm³/mol. The van der Waals surface area contributed by atoms with Crippen molar-refractivity contribution in [2.45, 2.75) is 12.8 Å². The molecule has 6 heteroatoms. The Bertz CT molecular complexity index is 1380. The number of aromatic amines is 2. The summed E-state index contributed by atoms with van der Waals surface area (Å²) >= 11 is 0. The number of fused-ring (bicyclic) bond motifs is 8. The Kier molecular flexibility index (Phi) is 4.49. The summed E-state index contributed by atoms with van der Waals surface area (Å²) in [5, 5.41) is 19.0. The van der Waals surface area contributed by atoms with Gasteiger partial charge < -0.3 is 20.2 Å². The molecule has 0 unspecified atom stereocenters. The molecule has 0 radical (unpaired) electrons. The van der Waals surface area contributed by atoms with Crippen molar-refractivity contribution < 1.29 is 11.6 Å². The SMILES string of the molecule is [2H]c1c(CCO)c2cc3cc(CCO)c(cc4nc(cc5nc(cc1[nH]2)C=C5)C=C4)[nH]3. The van der Waals surface area contributed by atoms with Gasteiger partial charge in [-0.1, -0.05) is 0 Å². The highest BCUT2D eigenvalue weighted by Gasteiger charge is 2.06. The summed E-state index contributed by atoms with van der Waals surface area (Å²) in [6.45, 7) is 0.00660. The van der Waals surface area contributed by atoms with Crippen molar-refractivity contribution in [3.8, 4) is 0 Å². The van der Waals surface area contributed by atoms with Crippen molar-refractivity contribution in [1.29, 1.82) is 0 Å². The van der Waals surface area contributed by atoms with E-state index in [1.807, 2.05) is 54.6 Å². The Morgan fingerprint density at radius 2 is 1.23 bits per heavy atom. The van der Waals surface area contributed by atoms with E-state index in [2.05, 4.69) is 19.9 Å². The maximum Gasteiger partial charge on any atom is 0.0659 e. The smallest absolute Gasteiger partial charge is 0.0659 e. The molecule has 0 atom stereocenters. The molecule has 5 heterocycles. The largest absolute Gasteiger partial charge is 0.396 e. The standard InChI is InChI=1S/C24H22N4O2/c29-7-5-15-9-21-12-19-2-1-17(25-19)11-18-3-4-20(26-18)13-23-16(6-8-30)10-22(28-23)14-24(15)27-21/h1-4,9-14,27-30H,5-8H2/i9D. The van der Waals surface area contributed by atoms with Crippen molar-refractivity contribution in [2.75, 3.05) is 13.2 Å². The van der Waals surface area contributed by atoms with Crippen LogP contribution in [0, 0.1) is 0 Å². The minimum Gasteiger partial charge on any atom is -0.396 e. The highest BCUT2D eigenvalue weighted by Crippen LogP contribution is 2.21. The van der Waals surface area contributed by atoms with Crippen LogP contribution in [-0.2, 0) is 12.8 Å². The Morgan fingerprint density at radius 3 is 1.93 bits per heavy atom. The van der Waals surface area contributed by atoms with Crippen molar-refractivity contribution in [3.05, 3.63) is 70.3 Å². The first-order chi connectivity index (χ1) is 15.1. The second kappa shape index (κ2) is 7.74. The normalized spacial score (nSPS) is 13.1. The van der Waals surface area contributed by atoms with E-state index in [1.54, 1.807) is 0 Å². The summed E-state index contributed by atoms with van der Waals surface area (Å²) in [5.41, 5.74) is 8.08. The number of aliphatic hydroxyl groups is 2. The van der Waals surface area contributed by atoms with Gasteiger partial charge in [0.2, 0.25) is 0 Å². The lowest BCUT2D eigenvalue weighted by atomic mass is 10.2. The van der Waals surface area contributed by atoms with E-state index in [4.69, 9.17) is 1.37 Å². The van der Waals surface area contributed by atoms with E-state index in [1.165, 1.54) is 0 Å². The first kappa shape index (κ1) is 17.4. The first-order valence-electron chi connectivity index (χ1n) is 10.4. The second-order valence-corrected chi connectivity index (χ2v) is 7.33. The maximum atomic E-state index is 9.52. The Balaban J connectivity index is 1.87. The minimum absolute atomic E-state index is 0.0396. The molecule has 0 amide bonds. The third-order valence-corrected chi connectivity index (χ3v) is 5.12. The van der Waals surface area contributed by atoms with Crippen LogP contribution >= 0.6 is 0 Å². The summed E-state index contributed by atoms with van der Waals surface area (Å²) in [5.74, 6) is 0. The number of rotatable bonds is 4. The molecule has 5 rings (SSSR count). The molecular weight excluding hydrogens is 376 g/mol. The summed E-state index contributed by atoms with van der Waals surface area (Å²) in [6, 6.07) is 10.0. The third-order valence-electron chi connectivity index (χ3n) is 5.12. The molecule has 6 nitrogen and oxygen atoms in total. The molecule has 3 aromatic heterocycles. The fourth-order valence-electron chi connectivity index (χ4n) is 3.77. The summed E-state index contributed by atoms with van der Waals surface area (Å²) in [6.07, 6.45) is 8.64. The zero-order valence-corrected chi connectivity index (χ0v) is 16.3. The van der Waals surface area contributed by atoms with E-state index in [-0.39, 0.29) is 13.2 Å². The summed E-state index contributed by atoms with van der Waals surface area (Å²) < 4.78 is 8.59. The predicted octanol–water partition coefficient (Wildman–Crippen LogP) is 3.73.